The Hall–Kier alpha value is -2.75. The highest BCUT2D eigenvalue weighted by molar-refractivity contribution is 6.06. The quantitative estimate of drug-likeness (QED) is 0.627. The second kappa shape index (κ2) is 7.24. The van der Waals surface area contributed by atoms with Gasteiger partial charge < -0.3 is 14.2 Å². The summed E-state index contributed by atoms with van der Waals surface area (Å²) in [6, 6.07) is 16.5. The van der Waals surface area contributed by atoms with E-state index in [0.717, 1.165) is 24.5 Å². The number of benzene rings is 2. The summed E-state index contributed by atoms with van der Waals surface area (Å²) in [6.07, 6.45) is 5.87. The summed E-state index contributed by atoms with van der Waals surface area (Å²) in [5, 5.41) is 1.26. The number of nitrogens with zero attached hydrogens (tertiary/aromatic N) is 3. The van der Waals surface area contributed by atoms with Crippen LogP contribution in [0.25, 0.3) is 10.9 Å². The van der Waals surface area contributed by atoms with Crippen LogP contribution in [-0.2, 0) is 7.05 Å². The second-order valence-electron chi connectivity index (χ2n) is 6.82. The molecule has 3 aromatic rings. The number of aliphatic imine (C=N–C) groups is 1. The van der Waals surface area contributed by atoms with Crippen LogP contribution in [0, 0.1) is 0 Å². The number of aromatic nitrogens is 1. The average molecular weight is 347 g/mol. The van der Waals surface area contributed by atoms with Crippen LogP contribution in [0.3, 0.4) is 0 Å². The number of hydrogen-bond donors (Lipinski definition) is 0. The summed E-state index contributed by atoms with van der Waals surface area (Å²) in [5.41, 5.74) is 3.40. The largest absolute Gasteiger partial charge is 0.497 e. The highest BCUT2D eigenvalue weighted by atomic mass is 16.5. The van der Waals surface area contributed by atoms with Crippen LogP contribution in [0.15, 0.2) is 53.5 Å². The van der Waals surface area contributed by atoms with Crippen molar-refractivity contribution in [1.29, 1.82) is 0 Å². The number of aryl methyl sites for hydroxylation is 1. The molecule has 0 spiro atoms. The Morgan fingerprint density at radius 3 is 2.42 bits per heavy atom. The van der Waals surface area contributed by atoms with Crippen molar-refractivity contribution >= 4 is 28.6 Å². The van der Waals surface area contributed by atoms with E-state index in [1.807, 2.05) is 30.5 Å². The van der Waals surface area contributed by atoms with Crippen molar-refractivity contribution in [2.24, 2.45) is 12.0 Å². The lowest BCUT2D eigenvalue weighted by Crippen LogP contribution is -2.31. The minimum absolute atomic E-state index is 0.850. The predicted molar refractivity (Wildman–Crippen MR) is 109 cm³/mol. The van der Waals surface area contributed by atoms with E-state index in [0.29, 0.717) is 0 Å². The normalized spacial score (nSPS) is 15.1. The molecule has 0 bridgehead atoms. The fourth-order valence-corrected chi connectivity index (χ4v) is 3.83. The molecule has 0 N–H and O–H groups in total. The number of fused-ring (bicyclic) bond motifs is 1. The number of hydrogen-bond acceptors (Lipinski definition) is 3. The molecule has 0 aliphatic carbocycles. The maximum absolute atomic E-state index is 5.23. The Morgan fingerprint density at radius 1 is 0.962 bits per heavy atom. The molecule has 26 heavy (non-hydrogen) atoms. The molecule has 4 rings (SSSR count). The Kier molecular flexibility index (Phi) is 4.65. The Labute approximate surface area is 154 Å². The molecule has 1 fully saturated rings. The summed E-state index contributed by atoms with van der Waals surface area (Å²) in [5.74, 6) is 2.13. The van der Waals surface area contributed by atoms with Crippen LogP contribution in [0.2, 0.25) is 0 Å². The number of para-hydroxylation sites is 1. The van der Waals surface area contributed by atoms with E-state index in [4.69, 9.17) is 9.73 Å². The lowest BCUT2D eigenvalue weighted by molar-refractivity contribution is 0.415. The van der Waals surface area contributed by atoms with Crippen molar-refractivity contribution < 1.29 is 4.74 Å². The van der Waals surface area contributed by atoms with Crippen molar-refractivity contribution in [1.82, 2.24) is 4.57 Å². The lowest BCUT2D eigenvalue weighted by atomic mass is 10.1. The lowest BCUT2D eigenvalue weighted by Gasteiger charge is -2.29. The zero-order valence-electron chi connectivity index (χ0n) is 15.5. The molecule has 1 aliphatic rings. The molecule has 2 aromatic carbocycles. The number of rotatable bonds is 4. The van der Waals surface area contributed by atoms with Gasteiger partial charge >= 0.3 is 0 Å². The first-order valence-corrected chi connectivity index (χ1v) is 9.28. The highest BCUT2D eigenvalue weighted by Gasteiger charge is 2.20. The van der Waals surface area contributed by atoms with Crippen LogP contribution in [0.5, 0.6) is 5.75 Å². The van der Waals surface area contributed by atoms with Crippen molar-refractivity contribution in [2.75, 3.05) is 25.1 Å². The van der Waals surface area contributed by atoms with E-state index < -0.39 is 0 Å². The van der Waals surface area contributed by atoms with Gasteiger partial charge in [-0.3, -0.25) is 4.99 Å². The van der Waals surface area contributed by atoms with Crippen LogP contribution < -0.4 is 9.64 Å². The molecule has 0 atom stereocenters. The van der Waals surface area contributed by atoms with Gasteiger partial charge in [-0.05, 0) is 49.6 Å². The predicted octanol–water partition coefficient (Wildman–Crippen LogP) is 4.93. The fourth-order valence-electron chi connectivity index (χ4n) is 3.83. The minimum Gasteiger partial charge on any atom is -0.497 e. The third-order valence-corrected chi connectivity index (χ3v) is 5.18. The van der Waals surface area contributed by atoms with Crippen LogP contribution in [0.1, 0.15) is 24.8 Å². The summed E-state index contributed by atoms with van der Waals surface area (Å²) >= 11 is 0. The molecule has 0 saturated carbocycles. The van der Waals surface area contributed by atoms with Crippen molar-refractivity contribution in [3.63, 3.8) is 0 Å². The van der Waals surface area contributed by atoms with Gasteiger partial charge in [0.25, 0.3) is 0 Å². The van der Waals surface area contributed by atoms with Gasteiger partial charge in [0.15, 0.2) is 0 Å². The molecule has 134 valence electrons. The standard InChI is InChI=1S/C22H25N3O/c1-24-21-9-5-4-8-19(21)20(22(24)25-14-6-3-7-15-25)16-23-17-10-12-18(26-2)13-11-17/h4-5,8-13,16H,3,6-7,14-15H2,1-2H3. The van der Waals surface area contributed by atoms with Crippen molar-refractivity contribution in [2.45, 2.75) is 19.3 Å². The molecule has 0 amide bonds. The molecular weight excluding hydrogens is 322 g/mol. The Balaban J connectivity index is 1.77. The Morgan fingerprint density at radius 2 is 1.69 bits per heavy atom. The van der Waals surface area contributed by atoms with E-state index in [9.17, 15) is 0 Å². The van der Waals surface area contributed by atoms with Crippen molar-refractivity contribution in [3.8, 4) is 5.75 Å². The number of ether oxygens (including phenoxy) is 1. The van der Waals surface area contributed by atoms with Crippen LogP contribution >= 0.6 is 0 Å². The molecule has 1 saturated heterocycles. The number of methoxy groups -OCH3 is 1. The summed E-state index contributed by atoms with van der Waals surface area (Å²) in [7, 11) is 3.84. The maximum Gasteiger partial charge on any atom is 0.119 e. The first-order valence-electron chi connectivity index (χ1n) is 9.28. The van der Waals surface area contributed by atoms with E-state index in [2.05, 4.69) is 40.8 Å². The molecule has 1 aromatic heterocycles. The first-order chi connectivity index (χ1) is 12.8. The smallest absolute Gasteiger partial charge is 0.119 e. The number of piperidine rings is 1. The van der Waals surface area contributed by atoms with Gasteiger partial charge in [-0.15, -0.1) is 0 Å². The topological polar surface area (TPSA) is 29.8 Å². The zero-order chi connectivity index (χ0) is 17.9. The van der Waals surface area contributed by atoms with Crippen LogP contribution in [-0.4, -0.2) is 31.0 Å². The van der Waals surface area contributed by atoms with Gasteiger partial charge in [0, 0.05) is 37.3 Å². The van der Waals surface area contributed by atoms with E-state index >= 15 is 0 Å². The molecule has 4 heteroatoms. The third kappa shape index (κ3) is 3.07. The molecular formula is C22H25N3O. The van der Waals surface area contributed by atoms with Gasteiger partial charge in [-0.25, -0.2) is 0 Å². The summed E-state index contributed by atoms with van der Waals surface area (Å²) < 4.78 is 7.55. The van der Waals surface area contributed by atoms with Gasteiger partial charge in [-0.1, -0.05) is 18.2 Å². The zero-order valence-corrected chi connectivity index (χ0v) is 15.5. The molecule has 2 heterocycles. The number of anilines is 1. The van der Waals surface area contributed by atoms with Crippen LogP contribution in [0.4, 0.5) is 11.5 Å². The molecule has 0 radical (unpaired) electrons. The van der Waals surface area contributed by atoms with E-state index in [1.54, 1.807) is 7.11 Å². The Bertz CT molecular complexity index is 918. The molecule has 1 aliphatic heterocycles. The average Bonchev–Trinajstić information content (AvgIpc) is 2.99. The van der Waals surface area contributed by atoms with Gasteiger partial charge in [0.2, 0.25) is 0 Å². The monoisotopic (exact) mass is 347 g/mol. The van der Waals surface area contributed by atoms with Gasteiger partial charge in [0.05, 0.1) is 18.3 Å². The van der Waals surface area contributed by atoms with Gasteiger partial charge in [0.1, 0.15) is 11.6 Å². The molecule has 4 nitrogen and oxygen atoms in total. The fraction of sp³-hybridized carbons (Fsp3) is 0.318. The maximum atomic E-state index is 5.23. The first kappa shape index (κ1) is 16.7. The van der Waals surface area contributed by atoms with E-state index in [1.165, 1.54) is 41.5 Å². The summed E-state index contributed by atoms with van der Waals surface area (Å²) in [4.78, 5) is 7.26. The summed E-state index contributed by atoms with van der Waals surface area (Å²) in [6.45, 7) is 2.24. The third-order valence-electron chi connectivity index (χ3n) is 5.18. The van der Waals surface area contributed by atoms with Gasteiger partial charge in [-0.2, -0.15) is 0 Å². The SMILES string of the molecule is COc1ccc(N=Cc2c(N3CCCCC3)n(C)c3ccccc23)cc1. The molecule has 0 unspecified atom stereocenters. The second-order valence-corrected chi connectivity index (χ2v) is 6.82. The highest BCUT2D eigenvalue weighted by Crippen LogP contribution is 2.33. The van der Waals surface area contributed by atoms with E-state index in [-0.39, 0.29) is 0 Å². The van der Waals surface area contributed by atoms with Crippen molar-refractivity contribution in [3.05, 3.63) is 54.1 Å². The minimum atomic E-state index is 0.850.